The molecule has 0 radical (unpaired) electrons. The fraction of sp³-hybridized carbons (Fsp3) is 0.525. The third kappa shape index (κ3) is 10.4. The lowest BCUT2D eigenvalue weighted by atomic mass is 9.93. The summed E-state index contributed by atoms with van der Waals surface area (Å²) in [5.41, 5.74) is 4.41. The van der Waals surface area contributed by atoms with Crippen LogP contribution in [0.15, 0.2) is 48.5 Å². The van der Waals surface area contributed by atoms with Gasteiger partial charge in [-0.05, 0) is 86.4 Å². The number of hydrogen-bond acceptors (Lipinski definition) is 10. The van der Waals surface area contributed by atoms with E-state index in [-0.39, 0.29) is 25.4 Å². The van der Waals surface area contributed by atoms with E-state index in [1.54, 1.807) is 12.1 Å². The fourth-order valence-corrected chi connectivity index (χ4v) is 7.01. The highest BCUT2D eigenvalue weighted by Crippen LogP contribution is 2.36. The van der Waals surface area contributed by atoms with Crippen LogP contribution < -0.4 is 19.5 Å². The van der Waals surface area contributed by atoms with E-state index in [1.807, 2.05) is 24.3 Å². The van der Waals surface area contributed by atoms with E-state index in [1.165, 1.54) is 6.92 Å². The zero-order chi connectivity index (χ0) is 37.3. The Morgan fingerprint density at radius 3 is 2.02 bits per heavy atom. The zero-order valence-electron chi connectivity index (χ0n) is 30.6. The fourth-order valence-electron chi connectivity index (χ4n) is 6.77. The summed E-state index contributed by atoms with van der Waals surface area (Å²) in [6.07, 6.45) is 2.75. The summed E-state index contributed by atoms with van der Waals surface area (Å²) in [5.74, 6) is 0.633. The number of carbonyl (C=O) groups is 1. The number of aliphatic carboxylic acids is 1. The molecule has 5 N–H and O–H groups in total. The van der Waals surface area contributed by atoms with E-state index < -0.39 is 18.1 Å². The maximum absolute atomic E-state index is 11.8. The predicted octanol–water partition coefficient (Wildman–Crippen LogP) is 4.80. The number of carboxylic acids is 1. The zero-order valence-corrected chi connectivity index (χ0v) is 31.3. The topological polar surface area (TPSA) is 144 Å². The van der Waals surface area contributed by atoms with E-state index in [0.29, 0.717) is 41.8 Å². The molecule has 2 saturated heterocycles. The monoisotopic (exact) mass is 739 g/mol. The minimum absolute atomic E-state index is 0.100. The largest absolute Gasteiger partial charge is 0.493 e. The van der Waals surface area contributed by atoms with E-state index in [4.69, 9.17) is 25.8 Å². The number of rotatable bonds is 19. The van der Waals surface area contributed by atoms with E-state index in [9.17, 15) is 25.2 Å². The minimum atomic E-state index is -1.54. The molecule has 12 heteroatoms. The SMILES string of the molecule is Cc1c(COc2cc(OCCCN3CCC(O)C3)c(CNC(C)(CO)C(=O)O)cc2Cl)cccc1-c1cccc(OCCCN2CCC(O)C2)c1C. The Morgan fingerprint density at radius 2 is 1.44 bits per heavy atom. The van der Waals surface area contributed by atoms with Gasteiger partial charge in [-0.1, -0.05) is 41.9 Å². The summed E-state index contributed by atoms with van der Waals surface area (Å²) in [5, 5.41) is 42.3. The van der Waals surface area contributed by atoms with Crippen molar-refractivity contribution in [2.75, 3.05) is 59.1 Å². The first-order valence-corrected chi connectivity index (χ1v) is 18.6. The van der Waals surface area contributed by atoms with Crippen molar-refractivity contribution in [2.24, 2.45) is 0 Å². The third-order valence-electron chi connectivity index (χ3n) is 10.2. The molecule has 2 heterocycles. The van der Waals surface area contributed by atoms with Crippen LogP contribution in [0, 0.1) is 13.8 Å². The third-order valence-corrected chi connectivity index (χ3v) is 10.5. The number of carboxylic acid groups (broad SMARTS) is 1. The van der Waals surface area contributed by atoms with Gasteiger partial charge in [0, 0.05) is 57.4 Å². The van der Waals surface area contributed by atoms with Crippen LogP contribution in [0.25, 0.3) is 11.1 Å². The van der Waals surface area contributed by atoms with Crippen LogP contribution in [0.5, 0.6) is 17.2 Å². The average molecular weight is 740 g/mol. The van der Waals surface area contributed by atoms with Crippen molar-refractivity contribution in [1.82, 2.24) is 15.1 Å². The smallest absolute Gasteiger partial charge is 0.326 e. The molecule has 11 nitrogen and oxygen atoms in total. The van der Waals surface area contributed by atoms with Crippen molar-refractivity contribution in [3.8, 4) is 28.4 Å². The number of aliphatic hydroxyl groups excluding tert-OH is 3. The Bertz CT molecular complexity index is 1660. The quantitative estimate of drug-likeness (QED) is 0.108. The van der Waals surface area contributed by atoms with Crippen molar-refractivity contribution < 1.29 is 39.4 Å². The van der Waals surface area contributed by atoms with Gasteiger partial charge in [0.2, 0.25) is 0 Å². The van der Waals surface area contributed by atoms with Gasteiger partial charge in [0.05, 0.1) is 37.1 Å². The van der Waals surface area contributed by atoms with Gasteiger partial charge in [-0.2, -0.15) is 0 Å². The number of aliphatic hydroxyl groups is 3. The first-order valence-electron chi connectivity index (χ1n) is 18.3. The highest BCUT2D eigenvalue weighted by Gasteiger charge is 2.32. The van der Waals surface area contributed by atoms with Gasteiger partial charge in [-0.3, -0.25) is 10.1 Å². The Labute approximate surface area is 312 Å². The number of halogens is 1. The normalized spacial score (nSPS) is 19.1. The number of β-amino-alcohol motifs (C(OH)–C–C–N with tert-alkyl or cyclic N) is 2. The van der Waals surface area contributed by atoms with Gasteiger partial charge in [-0.25, -0.2) is 0 Å². The molecule has 52 heavy (non-hydrogen) atoms. The van der Waals surface area contributed by atoms with Crippen molar-refractivity contribution in [2.45, 2.75) is 77.4 Å². The molecular formula is C40H54ClN3O8. The lowest BCUT2D eigenvalue weighted by molar-refractivity contribution is -0.145. The van der Waals surface area contributed by atoms with Gasteiger partial charge in [0.15, 0.2) is 0 Å². The van der Waals surface area contributed by atoms with Gasteiger partial charge in [-0.15, -0.1) is 0 Å². The van der Waals surface area contributed by atoms with Crippen LogP contribution in [-0.4, -0.2) is 113 Å². The Kier molecular flexibility index (Phi) is 14.2. The van der Waals surface area contributed by atoms with Gasteiger partial charge < -0.3 is 44.4 Å². The molecule has 2 aliphatic heterocycles. The lowest BCUT2D eigenvalue weighted by Crippen LogP contribution is -2.52. The number of benzene rings is 3. The Balaban J connectivity index is 1.27. The highest BCUT2D eigenvalue weighted by molar-refractivity contribution is 6.32. The highest BCUT2D eigenvalue weighted by atomic mass is 35.5. The van der Waals surface area contributed by atoms with Crippen LogP contribution in [-0.2, 0) is 17.9 Å². The second-order valence-corrected chi connectivity index (χ2v) is 14.6. The van der Waals surface area contributed by atoms with E-state index >= 15 is 0 Å². The molecule has 3 aromatic rings. The summed E-state index contributed by atoms with van der Waals surface area (Å²) >= 11 is 6.74. The molecule has 0 spiro atoms. The standard InChI is InChI=1S/C40H54ClN3O8/c1-27-29(8-4-9-33(27)34-10-5-11-36(28(34)2)50-18-6-14-43-16-12-31(46)23-43)25-52-38-21-37(51-19-7-15-44-17-13-32(47)24-44)30(20-35(38)41)22-42-40(3,26-45)39(48)49/h4-5,8-11,20-21,31-32,42,45-47H,6-7,12-19,22-26H2,1-3H3,(H,48,49). The van der Waals surface area contributed by atoms with Crippen molar-refractivity contribution in [1.29, 1.82) is 0 Å². The molecule has 0 bridgehead atoms. The van der Waals surface area contributed by atoms with Crippen LogP contribution in [0.1, 0.15) is 54.9 Å². The number of likely N-dealkylation sites (tertiary alicyclic amines) is 2. The second-order valence-electron chi connectivity index (χ2n) is 14.2. The maximum atomic E-state index is 11.8. The molecular weight excluding hydrogens is 686 g/mol. The number of nitrogens with zero attached hydrogens (tertiary/aromatic N) is 2. The first-order chi connectivity index (χ1) is 25.0. The van der Waals surface area contributed by atoms with Gasteiger partial charge in [0.25, 0.3) is 0 Å². The molecule has 3 atom stereocenters. The predicted molar refractivity (Wildman–Crippen MR) is 201 cm³/mol. The molecule has 0 aromatic heterocycles. The van der Waals surface area contributed by atoms with Crippen molar-refractivity contribution >= 4 is 17.6 Å². The molecule has 284 valence electrons. The van der Waals surface area contributed by atoms with E-state index in [2.05, 4.69) is 41.1 Å². The molecule has 0 amide bonds. The number of nitrogens with one attached hydrogen (secondary N) is 1. The molecule has 0 saturated carbocycles. The summed E-state index contributed by atoms with van der Waals surface area (Å²) in [6, 6.07) is 15.7. The Hall–Kier alpha value is -3.42. The minimum Gasteiger partial charge on any atom is -0.493 e. The molecule has 3 aromatic carbocycles. The molecule has 3 unspecified atom stereocenters. The molecule has 2 fully saturated rings. The molecule has 5 rings (SSSR count). The molecule has 0 aliphatic carbocycles. The van der Waals surface area contributed by atoms with Crippen LogP contribution in [0.3, 0.4) is 0 Å². The van der Waals surface area contributed by atoms with E-state index in [0.717, 1.165) is 92.0 Å². The summed E-state index contributed by atoms with van der Waals surface area (Å²) in [4.78, 5) is 16.3. The summed E-state index contributed by atoms with van der Waals surface area (Å²) in [6.45, 7) is 11.3. The lowest BCUT2D eigenvalue weighted by Gasteiger charge is -2.25. The summed E-state index contributed by atoms with van der Waals surface area (Å²) < 4.78 is 18.8. The van der Waals surface area contributed by atoms with Gasteiger partial charge >= 0.3 is 5.97 Å². The Morgan fingerprint density at radius 1 is 0.846 bits per heavy atom. The van der Waals surface area contributed by atoms with Crippen molar-refractivity contribution in [3.63, 3.8) is 0 Å². The molecule has 2 aliphatic rings. The van der Waals surface area contributed by atoms with Crippen LogP contribution >= 0.6 is 11.6 Å². The number of hydrogen-bond donors (Lipinski definition) is 5. The first kappa shape index (κ1) is 39.8. The van der Waals surface area contributed by atoms with Crippen molar-refractivity contribution in [3.05, 3.63) is 75.8 Å². The van der Waals surface area contributed by atoms with Crippen LogP contribution in [0.2, 0.25) is 5.02 Å². The number of ether oxygens (including phenoxy) is 3. The van der Waals surface area contributed by atoms with Crippen LogP contribution in [0.4, 0.5) is 0 Å². The summed E-state index contributed by atoms with van der Waals surface area (Å²) in [7, 11) is 0. The van der Waals surface area contributed by atoms with Gasteiger partial charge in [0.1, 0.15) is 29.4 Å². The second kappa shape index (κ2) is 18.6. The average Bonchev–Trinajstić information content (AvgIpc) is 3.75. The maximum Gasteiger partial charge on any atom is 0.326 e.